The van der Waals surface area contributed by atoms with E-state index >= 15 is 0 Å². The number of rotatable bonds is 6. The molecular formula is C12H15FIN3O. The first-order valence-corrected chi connectivity index (χ1v) is 6.53. The maximum atomic E-state index is 13.6. The van der Waals surface area contributed by atoms with Gasteiger partial charge < -0.3 is 15.4 Å². The Morgan fingerprint density at radius 1 is 1.50 bits per heavy atom. The molecule has 1 rings (SSSR count). The normalized spacial score (nSPS) is 10.1. The summed E-state index contributed by atoms with van der Waals surface area (Å²) >= 11 is 1.90. The highest BCUT2D eigenvalue weighted by Gasteiger charge is 2.12. The van der Waals surface area contributed by atoms with E-state index in [2.05, 4.69) is 6.07 Å². The molecule has 0 aromatic heterocycles. The molecule has 0 saturated carbocycles. The van der Waals surface area contributed by atoms with Crippen LogP contribution in [-0.4, -0.2) is 26.8 Å². The molecule has 1 aromatic rings. The summed E-state index contributed by atoms with van der Waals surface area (Å²) in [6.45, 7) is 1.57. The number of nitrogens with zero attached hydrogens (tertiary/aromatic N) is 2. The third-order valence-electron chi connectivity index (χ3n) is 2.47. The molecule has 18 heavy (non-hydrogen) atoms. The fraction of sp³-hybridized carbons (Fsp3) is 0.417. The smallest absolute Gasteiger partial charge is 0.138 e. The van der Waals surface area contributed by atoms with Crippen LogP contribution in [0.4, 0.5) is 15.8 Å². The Balaban J connectivity index is 2.96. The second kappa shape index (κ2) is 7.38. The summed E-state index contributed by atoms with van der Waals surface area (Å²) in [5.41, 5.74) is 7.02. The Bertz CT molecular complexity index is 448. The Labute approximate surface area is 120 Å². The highest BCUT2D eigenvalue weighted by molar-refractivity contribution is 14.1. The van der Waals surface area contributed by atoms with Crippen molar-refractivity contribution in [3.63, 3.8) is 0 Å². The maximum absolute atomic E-state index is 13.6. The summed E-state index contributed by atoms with van der Waals surface area (Å²) in [5, 5.41) is 8.64. The van der Waals surface area contributed by atoms with Crippen LogP contribution in [0.5, 0.6) is 0 Å². The quantitative estimate of drug-likeness (QED) is 0.623. The Hall–Kier alpha value is -1.07. The molecule has 0 radical (unpaired) electrons. The minimum atomic E-state index is -0.306. The van der Waals surface area contributed by atoms with Gasteiger partial charge >= 0.3 is 0 Å². The van der Waals surface area contributed by atoms with Crippen LogP contribution in [-0.2, 0) is 4.74 Å². The number of anilines is 2. The van der Waals surface area contributed by atoms with Gasteiger partial charge in [0.05, 0.1) is 34.0 Å². The van der Waals surface area contributed by atoms with Gasteiger partial charge in [0.2, 0.25) is 0 Å². The summed E-state index contributed by atoms with van der Waals surface area (Å²) in [6.07, 6.45) is 0.358. The fourth-order valence-corrected chi connectivity index (χ4v) is 2.06. The van der Waals surface area contributed by atoms with Crippen molar-refractivity contribution in [3.8, 4) is 6.07 Å². The van der Waals surface area contributed by atoms with Crippen LogP contribution in [0.25, 0.3) is 0 Å². The minimum Gasteiger partial charge on any atom is -0.397 e. The Morgan fingerprint density at radius 3 is 2.83 bits per heavy atom. The van der Waals surface area contributed by atoms with Gasteiger partial charge in [0.1, 0.15) is 5.82 Å². The molecule has 0 aliphatic carbocycles. The molecule has 2 N–H and O–H groups in total. The lowest BCUT2D eigenvalue weighted by molar-refractivity contribution is 0.205. The first-order valence-electron chi connectivity index (χ1n) is 5.45. The van der Waals surface area contributed by atoms with Gasteiger partial charge in [0, 0.05) is 26.3 Å². The zero-order valence-electron chi connectivity index (χ0n) is 10.1. The van der Waals surface area contributed by atoms with Gasteiger partial charge in [0.15, 0.2) is 0 Å². The number of ether oxygens (including phenoxy) is 1. The predicted molar refractivity (Wildman–Crippen MR) is 77.8 cm³/mol. The van der Waals surface area contributed by atoms with Gasteiger partial charge in [-0.25, -0.2) is 4.39 Å². The summed E-state index contributed by atoms with van der Waals surface area (Å²) in [4.78, 5) is 1.86. The summed E-state index contributed by atoms with van der Waals surface area (Å²) in [7, 11) is 1.60. The molecule has 0 saturated heterocycles. The van der Waals surface area contributed by atoms with Gasteiger partial charge in [0.25, 0.3) is 0 Å². The first-order chi connectivity index (χ1) is 8.60. The van der Waals surface area contributed by atoms with Crippen molar-refractivity contribution in [2.24, 2.45) is 0 Å². The van der Waals surface area contributed by atoms with Crippen LogP contribution in [0.15, 0.2) is 12.1 Å². The van der Waals surface area contributed by atoms with E-state index in [-0.39, 0.29) is 5.82 Å². The van der Waals surface area contributed by atoms with E-state index in [4.69, 9.17) is 15.7 Å². The van der Waals surface area contributed by atoms with E-state index in [9.17, 15) is 4.39 Å². The molecule has 0 amide bonds. The number of benzene rings is 1. The molecule has 0 unspecified atom stereocenters. The van der Waals surface area contributed by atoms with E-state index in [0.717, 1.165) is 0 Å². The van der Waals surface area contributed by atoms with Crippen LogP contribution in [0, 0.1) is 20.7 Å². The predicted octanol–water partition coefficient (Wildman–Crippen LogP) is 2.38. The Kier molecular flexibility index (Phi) is 6.15. The molecule has 98 valence electrons. The zero-order chi connectivity index (χ0) is 13.5. The lowest BCUT2D eigenvalue weighted by Crippen LogP contribution is -2.29. The molecule has 0 aliphatic rings. The number of hydrogen-bond donors (Lipinski definition) is 1. The molecule has 0 fully saturated rings. The molecule has 0 aliphatic heterocycles. The van der Waals surface area contributed by atoms with Crippen LogP contribution >= 0.6 is 22.6 Å². The van der Waals surface area contributed by atoms with Gasteiger partial charge in [-0.05, 0) is 28.7 Å². The second-order valence-electron chi connectivity index (χ2n) is 3.71. The Morgan fingerprint density at radius 2 is 2.22 bits per heavy atom. The van der Waals surface area contributed by atoms with Crippen molar-refractivity contribution in [1.82, 2.24) is 0 Å². The number of nitrogens with two attached hydrogens (primary N) is 1. The van der Waals surface area contributed by atoms with Crippen LogP contribution in [0.2, 0.25) is 0 Å². The third kappa shape index (κ3) is 3.99. The fourth-order valence-electron chi connectivity index (χ4n) is 1.56. The van der Waals surface area contributed by atoms with Crippen LogP contribution in [0.3, 0.4) is 0 Å². The second-order valence-corrected chi connectivity index (χ2v) is 4.88. The van der Waals surface area contributed by atoms with Crippen molar-refractivity contribution >= 4 is 34.0 Å². The standard InChI is InChI=1S/C12H15FIN3O/c1-18-6-5-17(4-2-3-15)12-7-9(13)10(14)8-11(12)16/h7-8H,2,4-6,16H2,1H3. The monoisotopic (exact) mass is 363 g/mol. The zero-order valence-corrected chi connectivity index (χ0v) is 12.3. The number of nitrogen functional groups attached to an aromatic ring is 1. The third-order valence-corrected chi connectivity index (χ3v) is 3.30. The van der Waals surface area contributed by atoms with Crippen LogP contribution in [0.1, 0.15) is 6.42 Å². The van der Waals surface area contributed by atoms with E-state index in [1.807, 2.05) is 27.5 Å². The average Bonchev–Trinajstić information content (AvgIpc) is 2.35. The lowest BCUT2D eigenvalue weighted by atomic mass is 10.2. The first kappa shape index (κ1) is 15.0. The number of halogens is 2. The average molecular weight is 363 g/mol. The van der Waals surface area contributed by atoms with E-state index in [1.54, 1.807) is 13.2 Å². The molecule has 1 aromatic carbocycles. The van der Waals surface area contributed by atoms with Crippen molar-refractivity contribution in [1.29, 1.82) is 5.26 Å². The largest absolute Gasteiger partial charge is 0.397 e. The number of methoxy groups -OCH3 is 1. The molecular weight excluding hydrogens is 348 g/mol. The highest BCUT2D eigenvalue weighted by atomic mass is 127. The molecule has 4 nitrogen and oxygen atoms in total. The summed E-state index contributed by atoms with van der Waals surface area (Å²) in [5.74, 6) is -0.306. The lowest BCUT2D eigenvalue weighted by Gasteiger charge is -2.25. The minimum absolute atomic E-state index is 0.306. The molecule has 0 spiro atoms. The molecule has 0 heterocycles. The molecule has 0 bridgehead atoms. The van der Waals surface area contributed by atoms with Gasteiger partial charge in [-0.3, -0.25) is 0 Å². The van der Waals surface area contributed by atoms with Crippen molar-refractivity contribution in [3.05, 3.63) is 21.5 Å². The van der Waals surface area contributed by atoms with Crippen LogP contribution < -0.4 is 10.6 Å². The van der Waals surface area contributed by atoms with Gasteiger partial charge in [-0.1, -0.05) is 0 Å². The molecule has 6 heteroatoms. The van der Waals surface area contributed by atoms with E-state index in [0.29, 0.717) is 41.1 Å². The van der Waals surface area contributed by atoms with Crippen molar-refractivity contribution < 1.29 is 9.13 Å². The summed E-state index contributed by atoms with van der Waals surface area (Å²) < 4.78 is 19.1. The SMILES string of the molecule is COCCN(CCC#N)c1cc(F)c(I)cc1N. The molecule has 0 atom stereocenters. The van der Waals surface area contributed by atoms with Gasteiger partial charge in [-0.15, -0.1) is 0 Å². The number of hydrogen-bond acceptors (Lipinski definition) is 4. The van der Waals surface area contributed by atoms with Crippen molar-refractivity contribution in [2.45, 2.75) is 6.42 Å². The van der Waals surface area contributed by atoms with Gasteiger partial charge in [-0.2, -0.15) is 5.26 Å². The topological polar surface area (TPSA) is 62.3 Å². The van der Waals surface area contributed by atoms with E-state index < -0.39 is 0 Å². The van der Waals surface area contributed by atoms with E-state index in [1.165, 1.54) is 6.07 Å². The number of nitriles is 1. The highest BCUT2D eigenvalue weighted by Crippen LogP contribution is 2.27. The van der Waals surface area contributed by atoms with Crippen molar-refractivity contribution in [2.75, 3.05) is 37.4 Å². The maximum Gasteiger partial charge on any atom is 0.138 e. The summed E-state index contributed by atoms with van der Waals surface area (Å²) in [6, 6.07) is 5.07.